The molecule has 4 nitrogen and oxygen atoms in total. The van der Waals surface area contributed by atoms with Crippen LogP contribution < -0.4 is 29.3 Å². The Morgan fingerprint density at radius 1 is 0.357 bits per heavy atom. The zero-order valence-electron chi connectivity index (χ0n) is 23.9. The van der Waals surface area contributed by atoms with Gasteiger partial charge in [-0.3, -0.25) is 0 Å². The molecular weight excluding hydrogens is 553 g/mol. The van der Waals surface area contributed by atoms with Gasteiger partial charge in [0, 0.05) is 12.8 Å². The average Bonchev–Trinajstić information content (AvgIpc) is 3.04. The van der Waals surface area contributed by atoms with Crippen LogP contribution in [0.15, 0.2) is 146 Å². The molecule has 0 N–H and O–H groups in total. The van der Waals surface area contributed by atoms with E-state index >= 15 is 0 Å². The van der Waals surface area contributed by atoms with E-state index in [1.807, 2.05) is 121 Å². The van der Waals surface area contributed by atoms with Gasteiger partial charge >= 0.3 is 0 Å². The molecule has 0 fully saturated rings. The highest BCUT2D eigenvalue weighted by molar-refractivity contribution is 6.55. The minimum atomic E-state index is -0.432. The van der Waals surface area contributed by atoms with E-state index < -0.39 is 19.0 Å². The van der Waals surface area contributed by atoms with Crippen molar-refractivity contribution in [2.45, 2.75) is 37.5 Å². The van der Waals surface area contributed by atoms with Crippen molar-refractivity contribution in [2.24, 2.45) is 0 Å². The Morgan fingerprint density at radius 2 is 0.619 bits per heavy atom. The minimum absolute atomic E-state index is 0.307. The fourth-order valence-electron chi connectivity index (χ4n) is 4.71. The molecule has 5 rings (SSSR count). The van der Waals surface area contributed by atoms with Gasteiger partial charge < -0.3 is 18.9 Å². The van der Waals surface area contributed by atoms with Crippen LogP contribution in [0.25, 0.3) is 0 Å². The molecule has 0 heterocycles. The molecule has 5 aromatic rings. The summed E-state index contributed by atoms with van der Waals surface area (Å²) in [6.45, 7) is 0. The van der Waals surface area contributed by atoms with Gasteiger partial charge in [-0.05, 0) is 48.5 Å². The van der Waals surface area contributed by atoms with E-state index in [-0.39, 0.29) is 12.6 Å². The van der Waals surface area contributed by atoms with E-state index in [2.05, 4.69) is 24.3 Å². The van der Waals surface area contributed by atoms with Crippen LogP contribution in [-0.2, 0) is 0 Å². The number of para-hydroxylation sites is 4. The molecule has 0 spiro atoms. The van der Waals surface area contributed by atoms with Crippen molar-refractivity contribution < 1.29 is 18.9 Å². The van der Waals surface area contributed by atoms with Gasteiger partial charge in [-0.15, -0.1) is 0 Å². The molecule has 0 radical (unpaired) electrons. The Morgan fingerprint density at radius 3 is 0.881 bits per heavy atom. The lowest BCUT2D eigenvalue weighted by atomic mass is 10.3. The second-order valence-electron chi connectivity index (χ2n) is 10.2. The van der Waals surface area contributed by atoms with Crippen molar-refractivity contribution in [3.8, 4) is 23.0 Å². The first kappa shape index (κ1) is 29.2. The summed E-state index contributed by atoms with van der Waals surface area (Å²) in [7, 11) is -0.864. The maximum absolute atomic E-state index is 6.20. The lowest BCUT2D eigenvalue weighted by Crippen LogP contribution is -2.27. The van der Waals surface area contributed by atoms with Crippen molar-refractivity contribution in [1.82, 2.24) is 0 Å². The van der Waals surface area contributed by atoms with Crippen molar-refractivity contribution >= 4 is 29.4 Å². The van der Waals surface area contributed by atoms with Gasteiger partial charge in [0.05, 0.1) is 19.0 Å². The van der Waals surface area contributed by atoms with Gasteiger partial charge in [-0.1, -0.05) is 120 Å². The van der Waals surface area contributed by atoms with Crippen molar-refractivity contribution in [1.29, 1.82) is 0 Å². The second kappa shape index (κ2) is 16.2. The maximum Gasteiger partial charge on any atom is 0.240 e. The highest BCUT2D eigenvalue weighted by Crippen LogP contribution is 2.20. The average molecular weight is 591 g/mol. The summed E-state index contributed by atoms with van der Waals surface area (Å²) < 4.78 is 24.8. The van der Waals surface area contributed by atoms with Crippen LogP contribution in [0.5, 0.6) is 23.0 Å². The second-order valence-corrected chi connectivity index (χ2v) is 14.2. The summed E-state index contributed by atoms with van der Waals surface area (Å²) in [5.41, 5.74) is 0. The quantitative estimate of drug-likeness (QED) is 0.107. The molecule has 0 saturated carbocycles. The van der Waals surface area contributed by atoms with E-state index in [1.54, 1.807) is 0 Å². The van der Waals surface area contributed by atoms with E-state index in [1.165, 1.54) is 10.4 Å². The first-order valence-electron chi connectivity index (χ1n) is 14.7. The summed E-state index contributed by atoms with van der Waals surface area (Å²) >= 11 is 0. The minimum Gasteiger partial charge on any atom is -0.455 e. The van der Waals surface area contributed by atoms with Gasteiger partial charge in [-0.2, -0.15) is 0 Å². The third-order valence-corrected chi connectivity index (χ3v) is 10.5. The number of hydrogen-bond acceptors (Lipinski definition) is 4. The van der Waals surface area contributed by atoms with Crippen molar-refractivity contribution in [3.63, 3.8) is 0 Å². The molecule has 214 valence electrons. The molecule has 0 unspecified atom stereocenters. The van der Waals surface area contributed by atoms with Gasteiger partial charge in [0.2, 0.25) is 12.6 Å². The summed E-state index contributed by atoms with van der Waals surface area (Å²) in [5.74, 6) is 3.33. The van der Waals surface area contributed by atoms with Crippen molar-refractivity contribution in [2.75, 3.05) is 0 Å². The molecule has 42 heavy (non-hydrogen) atoms. The van der Waals surface area contributed by atoms with Crippen LogP contribution >= 0.6 is 0 Å². The molecule has 0 atom stereocenters. The Kier molecular flexibility index (Phi) is 11.3. The van der Waals surface area contributed by atoms with Gasteiger partial charge in [-0.25, -0.2) is 0 Å². The normalized spacial score (nSPS) is 11.5. The monoisotopic (exact) mass is 590 g/mol. The SMILES string of the molecule is c1ccc(OC(CC[SiH2]c2ccc([SiH2]CCC(Oc3ccccc3)Oc3ccccc3)cc2)Oc2ccccc2)cc1. The number of hydrogen-bond donors (Lipinski definition) is 0. The van der Waals surface area contributed by atoms with Crippen LogP contribution in [-0.4, -0.2) is 31.6 Å². The van der Waals surface area contributed by atoms with Gasteiger partial charge in [0.15, 0.2) is 0 Å². The Bertz CT molecular complexity index is 1220. The Labute approximate surface area is 253 Å². The molecule has 0 aromatic heterocycles. The number of ether oxygens (including phenoxy) is 4. The fourth-order valence-corrected chi connectivity index (χ4v) is 7.73. The van der Waals surface area contributed by atoms with Crippen LogP contribution in [0.3, 0.4) is 0 Å². The van der Waals surface area contributed by atoms with Crippen LogP contribution in [0.1, 0.15) is 12.8 Å². The van der Waals surface area contributed by atoms with E-state index in [0.717, 1.165) is 47.9 Å². The topological polar surface area (TPSA) is 36.9 Å². The van der Waals surface area contributed by atoms with Crippen LogP contribution in [0, 0.1) is 0 Å². The zero-order valence-corrected chi connectivity index (χ0v) is 26.7. The largest absolute Gasteiger partial charge is 0.455 e. The predicted octanol–water partition coefficient (Wildman–Crippen LogP) is 5.86. The maximum atomic E-state index is 6.20. The Balaban J connectivity index is 1.10. The van der Waals surface area contributed by atoms with E-state index in [0.29, 0.717) is 0 Å². The third-order valence-electron chi connectivity index (χ3n) is 6.88. The smallest absolute Gasteiger partial charge is 0.240 e. The lowest BCUT2D eigenvalue weighted by molar-refractivity contribution is 0.00305. The summed E-state index contributed by atoms with van der Waals surface area (Å²) in [6, 6.07) is 51.2. The zero-order chi connectivity index (χ0) is 28.7. The Hall–Kier alpha value is -4.27. The molecule has 5 aromatic carbocycles. The van der Waals surface area contributed by atoms with Gasteiger partial charge in [0.1, 0.15) is 23.0 Å². The first-order chi connectivity index (χ1) is 20.8. The molecule has 0 amide bonds. The van der Waals surface area contributed by atoms with Gasteiger partial charge in [0.25, 0.3) is 0 Å². The highest BCUT2D eigenvalue weighted by atomic mass is 28.2. The van der Waals surface area contributed by atoms with E-state index in [4.69, 9.17) is 18.9 Å². The lowest BCUT2D eigenvalue weighted by Gasteiger charge is -2.21. The fraction of sp³-hybridized carbons (Fsp3) is 0.167. The standard InChI is InChI=1S/C36H38O4Si2/c1-5-13-29(14-6-1)37-35(38-30-15-7-2-8-16-30)25-27-41-33-21-23-34(24-22-33)42-28-26-36(39-31-17-9-3-10-18-31)40-32-19-11-4-12-20-32/h1-24,35-36H,25-28,41-42H2. The molecule has 0 saturated heterocycles. The molecular formula is C36H38O4Si2. The number of benzene rings is 5. The van der Waals surface area contributed by atoms with E-state index in [9.17, 15) is 0 Å². The summed E-state index contributed by atoms with van der Waals surface area (Å²) in [6.07, 6.45) is 1.10. The highest BCUT2D eigenvalue weighted by Gasteiger charge is 2.14. The molecule has 0 aliphatic heterocycles. The third kappa shape index (κ3) is 9.98. The molecule has 6 heteroatoms. The molecule has 0 bridgehead atoms. The summed E-state index contributed by atoms with van der Waals surface area (Å²) in [5, 5.41) is 2.95. The van der Waals surface area contributed by atoms with Crippen LogP contribution in [0.2, 0.25) is 12.1 Å². The molecule has 0 aliphatic rings. The summed E-state index contributed by atoms with van der Waals surface area (Å²) in [4.78, 5) is 0. The van der Waals surface area contributed by atoms with Crippen LogP contribution in [0.4, 0.5) is 0 Å². The first-order valence-corrected chi connectivity index (χ1v) is 18.2. The van der Waals surface area contributed by atoms with Crippen molar-refractivity contribution in [3.05, 3.63) is 146 Å². The number of rotatable bonds is 16. The predicted molar refractivity (Wildman–Crippen MR) is 178 cm³/mol. The molecule has 0 aliphatic carbocycles.